The Bertz CT molecular complexity index is 277. The molecule has 122 valence electrons. The molecule has 21 heavy (non-hydrogen) atoms. The molecule has 1 unspecified atom stereocenters. The quantitative estimate of drug-likeness (QED) is 0.814. The minimum absolute atomic E-state index is 0.558. The average Bonchev–Trinajstić information content (AvgIpc) is 3.03. The minimum atomic E-state index is 0.558. The van der Waals surface area contributed by atoms with Crippen molar-refractivity contribution < 1.29 is 4.74 Å². The van der Waals surface area contributed by atoms with E-state index in [1.807, 2.05) is 0 Å². The molecule has 1 saturated carbocycles. The Morgan fingerprint density at radius 1 is 0.905 bits per heavy atom. The van der Waals surface area contributed by atoms with Gasteiger partial charge in [-0.05, 0) is 83.3 Å². The van der Waals surface area contributed by atoms with Crippen molar-refractivity contribution in [3.8, 4) is 0 Å². The zero-order valence-electron chi connectivity index (χ0n) is 13.7. The first-order valence-electron chi connectivity index (χ1n) is 9.47. The molecule has 1 N–H and O–H groups in total. The molecule has 3 heteroatoms. The average molecular weight is 294 g/mol. The second-order valence-corrected chi connectivity index (χ2v) is 7.44. The van der Waals surface area contributed by atoms with Crippen LogP contribution in [0.3, 0.4) is 0 Å². The van der Waals surface area contributed by atoms with E-state index in [2.05, 4.69) is 10.2 Å². The van der Waals surface area contributed by atoms with E-state index in [9.17, 15) is 0 Å². The first-order chi connectivity index (χ1) is 10.4. The van der Waals surface area contributed by atoms with Gasteiger partial charge in [-0.1, -0.05) is 6.42 Å². The van der Waals surface area contributed by atoms with Crippen molar-refractivity contribution in [2.75, 3.05) is 32.8 Å². The third-order valence-electron chi connectivity index (χ3n) is 5.78. The van der Waals surface area contributed by atoms with E-state index < -0.39 is 0 Å². The van der Waals surface area contributed by atoms with Gasteiger partial charge in [0, 0.05) is 12.6 Å². The summed E-state index contributed by atoms with van der Waals surface area (Å²) in [5, 5.41) is 3.71. The van der Waals surface area contributed by atoms with Gasteiger partial charge in [-0.2, -0.15) is 0 Å². The van der Waals surface area contributed by atoms with Crippen LogP contribution in [0.4, 0.5) is 0 Å². The summed E-state index contributed by atoms with van der Waals surface area (Å²) in [7, 11) is 0. The first kappa shape index (κ1) is 15.8. The summed E-state index contributed by atoms with van der Waals surface area (Å²) in [4.78, 5) is 2.56. The van der Waals surface area contributed by atoms with E-state index >= 15 is 0 Å². The predicted octanol–water partition coefficient (Wildman–Crippen LogP) is 3.19. The van der Waals surface area contributed by atoms with E-state index in [-0.39, 0.29) is 0 Å². The minimum Gasteiger partial charge on any atom is -0.377 e. The smallest absolute Gasteiger partial charge is 0.0597 e. The lowest BCUT2D eigenvalue weighted by molar-refractivity contribution is 0.00767. The van der Waals surface area contributed by atoms with Crippen LogP contribution in [0.1, 0.15) is 64.2 Å². The number of piperidine rings is 1. The van der Waals surface area contributed by atoms with Crippen LogP contribution in [-0.2, 0) is 4.74 Å². The molecule has 0 bridgehead atoms. The number of hydrogen-bond acceptors (Lipinski definition) is 3. The molecule has 3 aliphatic rings. The van der Waals surface area contributed by atoms with Crippen molar-refractivity contribution in [2.45, 2.75) is 76.4 Å². The molecule has 0 spiro atoms. The molecule has 0 amide bonds. The fourth-order valence-corrected chi connectivity index (χ4v) is 4.42. The zero-order valence-corrected chi connectivity index (χ0v) is 13.7. The maximum absolute atomic E-state index is 6.13. The normalized spacial score (nSPS) is 35.1. The van der Waals surface area contributed by atoms with Crippen molar-refractivity contribution in [2.24, 2.45) is 5.92 Å². The molecular formula is C18H34N2O. The Labute approximate surface area is 130 Å². The Morgan fingerprint density at radius 3 is 2.43 bits per heavy atom. The van der Waals surface area contributed by atoms with Gasteiger partial charge in [-0.25, -0.2) is 0 Å². The lowest BCUT2D eigenvalue weighted by Crippen LogP contribution is -2.36. The molecule has 3 fully saturated rings. The summed E-state index contributed by atoms with van der Waals surface area (Å²) in [6.07, 6.45) is 14.4. The van der Waals surface area contributed by atoms with Crippen molar-refractivity contribution >= 4 is 0 Å². The maximum atomic E-state index is 6.13. The third-order valence-corrected chi connectivity index (χ3v) is 5.78. The van der Waals surface area contributed by atoms with Crippen LogP contribution in [0, 0.1) is 5.92 Å². The summed E-state index contributed by atoms with van der Waals surface area (Å²) < 4.78 is 6.13. The van der Waals surface area contributed by atoms with E-state index in [0.29, 0.717) is 6.10 Å². The van der Waals surface area contributed by atoms with Crippen LogP contribution in [0.25, 0.3) is 0 Å². The van der Waals surface area contributed by atoms with Gasteiger partial charge in [0.25, 0.3) is 0 Å². The molecule has 0 aromatic carbocycles. The molecule has 2 saturated heterocycles. The molecule has 1 atom stereocenters. The topological polar surface area (TPSA) is 24.5 Å². The molecule has 0 radical (unpaired) electrons. The highest BCUT2D eigenvalue weighted by Gasteiger charge is 2.25. The lowest BCUT2D eigenvalue weighted by Gasteiger charge is -2.33. The summed E-state index contributed by atoms with van der Waals surface area (Å²) in [5.41, 5.74) is 0. The van der Waals surface area contributed by atoms with Gasteiger partial charge in [-0.15, -0.1) is 0 Å². The second kappa shape index (κ2) is 8.50. The molecule has 3 nitrogen and oxygen atoms in total. The molecular weight excluding hydrogens is 260 g/mol. The van der Waals surface area contributed by atoms with Gasteiger partial charge in [-0.3, -0.25) is 0 Å². The van der Waals surface area contributed by atoms with Crippen LogP contribution in [0.15, 0.2) is 0 Å². The fraction of sp³-hybridized carbons (Fsp3) is 1.00. The molecule has 0 aromatic heterocycles. The second-order valence-electron chi connectivity index (χ2n) is 7.44. The Balaban J connectivity index is 1.26. The fourth-order valence-electron chi connectivity index (χ4n) is 4.42. The number of likely N-dealkylation sites (tertiary alicyclic amines) is 1. The van der Waals surface area contributed by atoms with Gasteiger partial charge in [0.15, 0.2) is 0 Å². The number of nitrogens with zero attached hydrogens (tertiary/aromatic N) is 1. The van der Waals surface area contributed by atoms with Crippen LogP contribution in [0.2, 0.25) is 0 Å². The summed E-state index contributed by atoms with van der Waals surface area (Å²) in [6.45, 7) is 5.96. The van der Waals surface area contributed by atoms with Crippen molar-refractivity contribution in [3.05, 3.63) is 0 Å². The SMILES string of the molecule is C1CCC(CC2CCC(OCCN3CCCC3)CC2)NC1. The monoisotopic (exact) mass is 294 g/mol. The van der Waals surface area contributed by atoms with Crippen molar-refractivity contribution in [1.82, 2.24) is 10.2 Å². The zero-order chi connectivity index (χ0) is 14.3. The molecule has 2 aliphatic heterocycles. The van der Waals surface area contributed by atoms with Crippen LogP contribution in [0.5, 0.6) is 0 Å². The Kier molecular flexibility index (Phi) is 6.38. The number of ether oxygens (including phenoxy) is 1. The Hall–Kier alpha value is -0.120. The largest absolute Gasteiger partial charge is 0.377 e. The van der Waals surface area contributed by atoms with Crippen LogP contribution < -0.4 is 5.32 Å². The van der Waals surface area contributed by atoms with Gasteiger partial charge < -0.3 is 15.0 Å². The molecule has 3 rings (SSSR count). The van der Waals surface area contributed by atoms with Crippen LogP contribution in [-0.4, -0.2) is 49.8 Å². The lowest BCUT2D eigenvalue weighted by atomic mass is 9.82. The first-order valence-corrected chi connectivity index (χ1v) is 9.47. The van der Waals surface area contributed by atoms with E-state index in [1.54, 1.807) is 0 Å². The van der Waals surface area contributed by atoms with Crippen molar-refractivity contribution in [3.63, 3.8) is 0 Å². The highest BCUT2D eigenvalue weighted by molar-refractivity contribution is 4.80. The molecule has 0 aromatic rings. The highest BCUT2D eigenvalue weighted by atomic mass is 16.5. The van der Waals surface area contributed by atoms with E-state index in [1.165, 1.54) is 83.8 Å². The van der Waals surface area contributed by atoms with E-state index in [0.717, 1.165) is 25.1 Å². The summed E-state index contributed by atoms with van der Waals surface area (Å²) in [6, 6.07) is 0.816. The molecule has 1 aliphatic carbocycles. The number of hydrogen-bond donors (Lipinski definition) is 1. The number of nitrogens with one attached hydrogen (secondary N) is 1. The van der Waals surface area contributed by atoms with Crippen LogP contribution >= 0.6 is 0 Å². The standard InChI is InChI=1S/C18H34N2O/c1-2-10-19-17(5-1)15-16-6-8-18(9-7-16)21-14-13-20-11-3-4-12-20/h16-19H,1-15H2. The maximum Gasteiger partial charge on any atom is 0.0597 e. The van der Waals surface area contributed by atoms with Crippen molar-refractivity contribution in [1.29, 1.82) is 0 Å². The van der Waals surface area contributed by atoms with Gasteiger partial charge in [0.05, 0.1) is 12.7 Å². The van der Waals surface area contributed by atoms with Gasteiger partial charge >= 0.3 is 0 Å². The van der Waals surface area contributed by atoms with Gasteiger partial charge in [0.2, 0.25) is 0 Å². The highest BCUT2D eigenvalue weighted by Crippen LogP contribution is 2.30. The summed E-state index contributed by atoms with van der Waals surface area (Å²) in [5.74, 6) is 0.957. The Morgan fingerprint density at radius 2 is 1.71 bits per heavy atom. The van der Waals surface area contributed by atoms with E-state index in [4.69, 9.17) is 4.74 Å². The van der Waals surface area contributed by atoms with Gasteiger partial charge in [0.1, 0.15) is 0 Å². The number of rotatable bonds is 6. The summed E-state index contributed by atoms with van der Waals surface area (Å²) >= 11 is 0. The predicted molar refractivity (Wildman–Crippen MR) is 87.6 cm³/mol. The third kappa shape index (κ3) is 5.22. The molecule has 2 heterocycles.